The molecule has 2 N–H and O–H groups in total. The molecule has 0 bridgehead atoms. The van der Waals surface area contributed by atoms with Gasteiger partial charge in [0.25, 0.3) is 5.56 Å². The number of aryl methyl sites for hydroxylation is 1. The van der Waals surface area contributed by atoms with Crippen LogP contribution in [0.3, 0.4) is 0 Å². The fraction of sp³-hybridized carbons (Fsp3) is 0.200. The summed E-state index contributed by atoms with van der Waals surface area (Å²) in [5, 5.41) is 3.22. The Kier molecular flexibility index (Phi) is 5.40. The SMILES string of the molecule is O=c1cc(Cc2ccccc2)nc(NCCCc2ccccc2)[nH]1. The van der Waals surface area contributed by atoms with Gasteiger partial charge in [-0.1, -0.05) is 60.7 Å². The molecule has 0 aliphatic heterocycles. The number of hydrogen-bond donors (Lipinski definition) is 2. The van der Waals surface area contributed by atoms with E-state index in [1.54, 1.807) is 6.07 Å². The molecule has 0 atom stereocenters. The van der Waals surface area contributed by atoms with E-state index in [2.05, 4.69) is 39.6 Å². The van der Waals surface area contributed by atoms with Crippen LogP contribution in [-0.4, -0.2) is 16.5 Å². The van der Waals surface area contributed by atoms with Gasteiger partial charge in [0.15, 0.2) is 0 Å². The highest BCUT2D eigenvalue weighted by atomic mass is 16.1. The first-order valence-corrected chi connectivity index (χ1v) is 8.21. The third-order valence-electron chi connectivity index (χ3n) is 3.80. The Morgan fingerprint density at radius 1 is 0.917 bits per heavy atom. The standard InChI is InChI=1S/C20H21N3O/c24-19-15-18(14-17-10-5-2-6-11-17)22-20(23-19)21-13-7-12-16-8-3-1-4-9-16/h1-6,8-11,15H,7,12-14H2,(H2,21,22,23,24). The Morgan fingerprint density at radius 3 is 2.29 bits per heavy atom. The lowest BCUT2D eigenvalue weighted by Crippen LogP contribution is -2.15. The van der Waals surface area contributed by atoms with Gasteiger partial charge in [0.2, 0.25) is 5.95 Å². The van der Waals surface area contributed by atoms with Crippen molar-refractivity contribution in [1.29, 1.82) is 0 Å². The second-order valence-corrected chi connectivity index (χ2v) is 5.76. The molecular weight excluding hydrogens is 298 g/mol. The van der Waals surface area contributed by atoms with Gasteiger partial charge in [0.1, 0.15) is 0 Å². The molecule has 1 aromatic heterocycles. The molecule has 0 spiro atoms. The number of nitrogens with zero attached hydrogens (tertiary/aromatic N) is 1. The Balaban J connectivity index is 1.56. The van der Waals surface area contributed by atoms with Gasteiger partial charge in [-0.3, -0.25) is 9.78 Å². The Bertz CT molecular complexity index is 813. The zero-order valence-electron chi connectivity index (χ0n) is 13.5. The van der Waals surface area contributed by atoms with E-state index in [0.29, 0.717) is 12.4 Å². The second-order valence-electron chi connectivity index (χ2n) is 5.76. The van der Waals surface area contributed by atoms with Gasteiger partial charge in [-0.15, -0.1) is 0 Å². The Morgan fingerprint density at radius 2 is 1.58 bits per heavy atom. The van der Waals surface area contributed by atoms with E-state index in [-0.39, 0.29) is 5.56 Å². The fourth-order valence-corrected chi connectivity index (χ4v) is 2.63. The molecule has 1 heterocycles. The average molecular weight is 319 g/mol. The number of H-pyrrole nitrogens is 1. The normalized spacial score (nSPS) is 10.5. The number of benzene rings is 2. The zero-order valence-corrected chi connectivity index (χ0v) is 13.5. The van der Waals surface area contributed by atoms with Crippen LogP contribution in [0.5, 0.6) is 0 Å². The summed E-state index contributed by atoms with van der Waals surface area (Å²) in [6, 6.07) is 22.0. The van der Waals surface area contributed by atoms with Crippen molar-refractivity contribution in [3.8, 4) is 0 Å². The number of rotatable bonds is 7. The van der Waals surface area contributed by atoms with Gasteiger partial charge in [-0.2, -0.15) is 0 Å². The predicted molar refractivity (Wildman–Crippen MR) is 97.4 cm³/mol. The third-order valence-corrected chi connectivity index (χ3v) is 3.80. The van der Waals surface area contributed by atoms with E-state index in [1.807, 2.05) is 36.4 Å². The van der Waals surface area contributed by atoms with Crippen molar-refractivity contribution in [3.05, 3.63) is 93.9 Å². The topological polar surface area (TPSA) is 57.8 Å². The number of nitrogens with one attached hydrogen (secondary N) is 2. The minimum absolute atomic E-state index is 0.124. The summed E-state index contributed by atoms with van der Waals surface area (Å²) in [5.74, 6) is 0.543. The highest BCUT2D eigenvalue weighted by Crippen LogP contribution is 2.07. The lowest BCUT2D eigenvalue weighted by Gasteiger charge is -2.07. The first kappa shape index (κ1) is 16.0. The monoisotopic (exact) mass is 319 g/mol. The van der Waals surface area contributed by atoms with E-state index in [0.717, 1.165) is 30.6 Å². The third kappa shape index (κ3) is 4.81. The van der Waals surface area contributed by atoms with Crippen LogP contribution in [0.4, 0.5) is 5.95 Å². The summed E-state index contributed by atoms with van der Waals surface area (Å²) in [6.45, 7) is 0.770. The number of aromatic amines is 1. The Hall–Kier alpha value is -2.88. The average Bonchev–Trinajstić information content (AvgIpc) is 2.60. The molecular formula is C20H21N3O. The number of hydrogen-bond acceptors (Lipinski definition) is 3. The van der Waals surface area contributed by atoms with Crippen LogP contribution in [0.2, 0.25) is 0 Å². The van der Waals surface area contributed by atoms with Crippen molar-refractivity contribution in [2.24, 2.45) is 0 Å². The smallest absolute Gasteiger partial charge is 0.252 e. The number of aromatic nitrogens is 2. The summed E-state index contributed by atoms with van der Waals surface area (Å²) in [4.78, 5) is 19.1. The molecule has 0 amide bonds. The van der Waals surface area contributed by atoms with Gasteiger partial charge < -0.3 is 5.32 Å². The molecule has 3 aromatic rings. The lowest BCUT2D eigenvalue weighted by molar-refractivity contribution is 0.847. The molecule has 0 fully saturated rings. The van der Waals surface area contributed by atoms with Gasteiger partial charge >= 0.3 is 0 Å². The van der Waals surface area contributed by atoms with Crippen LogP contribution >= 0.6 is 0 Å². The van der Waals surface area contributed by atoms with Crippen LogP contribution in [0.1, 0.15) is 23.2 Å². The van der Waals surface area contributed by atoms with Crippen molar-refractivity contribution >= 4 is 5.95 Å². The molecule has 0 radical (unpaired) electrons. The molecule has 0 saturated heterocycles. The van der Waals surface area contributed by atoms with Crippen LogP contribution in [0.25, 0.3) is 0 Å². The minimum atomic E-state index is -0.124. The van der Waals surface area contributed by atoms with E-state index < -0.39 is 0 Å². The van der Waals surface area contributed by atoms with Crippen molar-refractivity contribution in [2.45, 2.75) is 19.3 Å². The number of anilines is 1. The van der Waals surface area contributed by atoms with E-state index in [9.17, 15) is 4.79 Å². The van der Waals surface area contributed by atoms with Crippen LogP contribution < -0.4 is 10.9 Å². The highest BCUT2D eigenvalue weighted by molar-refractivity contribution is 5.28. The molecule has 4 nitrogen and oxygen atoms in total. The van der Waals surface area contributed by atoms with Gasteiger partial charge in [0, 0.05) is 19.0 Å². The summed E-state index contributed by atoms with van der Waals surface area (Å²) in [6.07, 6.45) is 2.64. The maximum Gasteiger partial charge on any atom is 0.252 e. The summed E-state index contributed by atoms with van der Waals surface area (Å²) in [5.41, 5.74) is 3.11. The van der Waals surface area contributed by atoms with E-state index >= 15 is 0 Å². The van der Waals surface area contributed by atoms with Crippen LogP contribution in [0, 0.1) is 0 Å². The van der Waals surface area contributed by atoms with Crippen molar-refractivity contribution in [2.75, 3.05) is 11.9 Å². The van der Waals surface area contributed by atoms with E-state index in [1.165, 1.54) is 5.56 Å². The molecule has 0 aliphatic carbocycles. The summed E-state index contributed by atoms with van der Waals surface area (Å²) < 4.78 is 0. The van der Waals surface area contributed by atoms with Crippen molar-refractivity contribution < 1.29 is 0 Å². The predicted octanol–water partition coefficient (Wildman–Crippen LogP) is 3.41. The van der Waals surface area contributed by atoms with Crippen LogP contribution in [-0.2, 0) is 12.8 Å². The van der Waals surface area contributed by atoms with Gasteiger partial charge in [-0.05, 0) is 24.0 Å². The highest BCUT2D eigenvalue weighted by Gasteiger charge is 2.02. The molecule has 0 unspecified atom stereocenters. The first-order valence-electron chi connectivity index (χ1n) is 8.21. The molecule has 3 rings (SSSR count). The van der Waals surface area contributed by atoms with Gasteiger partial charge in [-0.25, -0.2) is 4.98 Å². The molecule has 0 saturated carbocycles. The van der Waals surface area contributed by atoms with E-state index in [4.69, 9.17) is 0 Å². The summed E-state index contributed by atoms with van der Waals surface area (Å²) >= 11 is 0. The van der Waals surface area contributed by atoms with Crippen molar-refractivity contribution in [1.82, 2.24) is 9.97 Å². The van der Waals surface area contributed by atoms with Crippen LogP contribution in [0.15, 0.2) is 71.5 Å². The zero-order chi connectivity index (χ0) is 16.6. The maximum atomic E-state index is 11.8. The lowest BCUT2D eigenvalue weighted by atomic mass is 10.1. The molecule has 2 aromatic carbocycles. The quantitative estimate of drug-likeness (QED) is 0.656. The molecule has 0 aliphatic rings. The largest absolute Gasteiger partial charge is 0.356 e. The molecule has 122 valence electrons. The summed E-state index contributed by atoms with van der Waals surface area (Å²) in [7, 11) is 0. The van der Waals surface area contributed by atoms with Gasteiger partial charge in [0.05, 0.1) is 5.69 Å². The maximum absolute atomic E-state index is 11.8. The fourth-order valence-electron chi connectivity index (χ4n) is 2.63. The molecule has 24 heavy (non-hydrogen) atoms. The van der Waals surface area contributed by atoms with Crippen molar-refractivity contribution in [3.63, 3.8) is 0 Å². The minimum Gasteiger partial charge on any atom is -0.356 e. The first-order chi connectivity index (χ1) is 11.8. The Labute approximate surface area is 141 Å². The molecule has 4 heteroatoms. The second kappa shape index (κ2) is 8.11.